The average molecular weight is 314 g/mol. The number of benzene rings is 1. The van der Waals surface area contributed by atoms with E-state index in [1.54, 1.807) is 7.05 Å². The van der Waals surface area contributed by atoms with Crippen LogP contribution in [0.4, 0.5) is 10.1 Å². The number of halogens is 1. The minimum atomic E-state index is -3.93. The highest BCUT2D eigenvalue weighted by Crippen LogP contribution is 2.19. The summed E-state index contributed by atoms with van der Waals surface area (Å²) in [5, 5.41) is -0.196. The second kappa shape index (κ2) is 5.17. The summed E-state index contributed by atoms with van der Waals surface area (Å²) in [6.07, 6.45) is 2.64. The molecule has 0 aliphatic rings. The van der Waals surface area contributed by atoms with Gasteiger partial charge in [-0.05, 0) is 18.2 Å². The standard InChI is InChI=1S/C11H11FN4O2S2/c1-16-5-10(14-6-16)20(17,18)15-9-3-2-7(11(13)19)4-8(9)12/h2-6,15H,1H3,(H2,13,19). The molecule has 0 spiro atoms. The molecule has 1 heterocycles. The Balaban J connectivity index is 2.32. The van der Waals surface area contributed by atoms with E-state index in [4.69, 9.17) is 18.0 Å². The minimum Gasteiger partial charge on any atom is -0.389 e. The molecule has 0 radical (unpaired) electrons. The van der Waals surface area contributed by atoms with Gasteiger partial charge in [0.2, 0.25) is 0 Å². The molecular weight excluding hydrogens is 303 g/mol. The molecule has 0 bridgehead atoms. The molecule has 2 aromatic rings. The molecule has 6 nitrogen and oxygen atoms in total. The molecule has 2 rings (SSSR count). The van der Waals surface area contributed by atoms with Gasteiger partial charge in [0.25, 0.3) is 10.0 Å². The maximum absolute atomic E-state index is 13.8. The number of imidazole rings is 1. The van der Waals surface area contributed by atoms with Crippen LogP contribution in [-0.4, -0.2) is 23.0 Å². The van der Waals surface area contributed by atoms with Gasteiger partial charge < -0.3 is 10.3 Å². The van der Waals surface area contributed by atoms with E-state index in [-0.39, 0.29) is 15.7 Å². The second-order valence-electron chi connectivity index (χ2n) is 4.04. The third-order valence-electron chi connectivity index (χ3n) is 2.45. The topological polar surface area (TPSA) is 90.0 Å². The van der Waals surface area contributed by atoms with Gasteiger partial charge in [0, 0.05) is 18.8 Å². The molecular formula is C11H11FN4O2S2. The maximum atomic E-state index is 13.8. The van der Waals surface area contributed by atoms with Crippen molar-refractivity contribution in [1.82, 2.24) is 9.55 Å². The zero-order chi connectivity index (χ0) is 14.9. The Kier molecular flexibility index (Phi) is 3.73. The number of hydrogen-bond donors (Lipinski definition) is 2. The lowest BCUT2D eigenvalue weighted by molar-refractivity contribution is 0.595. The number of hydrogen-bond acceptors (Lipinski definition) is 4. The van der Waals surface area contributed by atoms with E-state index in [0.29, 0.717) is 5.56 Å². The highest BCUT2D eigenvalue weighted by Gasteiger charge is 2.19. The Morgan fingerprint density at radius 3 is 2.70 bits per heavy atom. The Morgan fingerprint density at radius 2 is 2.20 bits per heavy atom. The van der Waals surface area contributed by atoms with Gasteiger partial charge in [-0.3, -0.25) is 4.72 Å². The van der Waals surface area contributed by atoms with Gasteiger partial charge in [0.1, 0.15) is 10.8 Å². The van der Waals surface area contributed by atoms with Crippen LogP contribution >= 0.6 is 12.2 Å². The van der Waals surface area contributed by atoms with Crippen LogP contribution in [0.25, 0.3) is 0 Å². The molecule has 0 atom stereocenters. The summed E-state index contributed by atoms with van der Waals surface area (Å²) in [4.78, 5) is 3.74. The number of nitrogens with zero attached hydrogens (tertiary/aromatic N) is 2. The average Bonchev–Trinajstić information content (AvgIpc) is 2.79. The number of nitrogens with two attached hydrogens (primary N) is 1. The van der Waals surface area contributed by atoms with Crippen molar-refractivity contribution >= 4 is 32.9 Å². The number of sulfonamides is 1. The van der Waals surface area contributed by atoms with E-state index in [2.05, 4.69) is 9.71 Å². The second-order valence-corrected chi connectivity index (χ2v) is 6.11. The molecule has 0 saturated carbocycles. The van der Waals surface area contributed by atoms with Crippen molar-refractivity contribution in [2.75, 3.05) is 4.72 Å². The first-order valence-corrected chi connectivity index (χ1v) is 7.29. The first kappa shape index (κ1) is 14.4. The molecule has 0 fully saturated rings. The molecule has 0 saturated heterocycles. The van der Waals surface area contributed by atoms with E-state index in [1.807, 2.05) is 0 Å². The van der Waals surface area contributed by atoms with E-state index in [1.165, 1.54) is 29.2 Å². The van der Waals surface area contributed by atoms with Crippen molar-refractivity contribution in [2.45, 2.75) is 5.03 Å². The van der Waals surface area contributed by atoms with Crippen molar-refractivity contribution in [3.63, 3.8) is 0 Å². The molecule has 106 valence electrons. The molecule has 0 aliphatic heterocycles. The number of nitrogens with one attached hydrogen (secondary N) is 1. The van der Waals surface area contributed by atoms with E-state index in [9.17, 15) is 12.8 Å². The van der Waals surface area contributed by atoms with Gasteiger partial charge in [-0.1, -0.05) is 12.2 Å². The van der Waals surface area contributed by atoms with Crippen LogP contribution in [0, 0.1) is 5.82 Å². The molecule has 0 unspecified atom stereocenters. The van der Waals surface area contributed by atoms with Crippen molar-refractivity contribution in [3.05, 3.63) is 42.1 Å². The van der Waals surface area contributed by atoms with Gasteiger partial charge in [-0.2, -0.15) is 8.42 Å². The summed E-state index contributed by atoms with van der Waals surface area (Å²) < 4.78 is 41.4. The molecule has 0 aliphatic carbocycles. The summed E-state index contributed by atoms with van der Waals surface area (Å²) in [6, 6.07) is 3.75. The Morgan fingerprint density at radius 1 is 1.50 bits per heavy atom. The van der Waals surface area contributed by atoms with Gasteiger partial charge in [-0.15, -0.1) is 0 Å². The van der Waals surface area contributed by atoms with Crippen molar-refractivity contribution in [3.8, 4) is 0 Å². The number of anilines is 1. The Bertz CT molecular complexity index is 770. The van der Waals surface area contributed by atoms with E-state index in [0.717, 1.165) is 6.07 Å². The fourth-order valence-electron chi connectivity index (χ4n) is 1.48. The molecule has 0 amide bonds. The monoisotopic (exact) mass is 314 g/mol. The lowest BCUT2D eigenvalue weighted by Crippen LogP contribution is -2.15. The van der Waals surface area contributed by atoms with Crippen LogP contribution in [0.2, 0.25) is 0 Å². The van der Waals surface area contributed by atoms with Crippen molar-refractivity contribution in [1.29, 1.82) is 0 Å². The summed E-state index contributed by atoms with van der Waals surface area (Å²) in [5.74, 6) is -0.769. The first-order valence-electron chi connectivity index (χ1n) is 5.40. The smallest absolute Gasteiger partial charge is 0.281 e. The predicted molar refractivity (Wildman–Crippen MR) is 76.3 cm³/mol. The molecule has 20 heavy (non-hydrogen) atoms. The first-order chi connectivity index (χ1) is 9.29. The zero-order valence-electron chi connectivity index (χ0n) is 10.4. The fraction of sp³-hybridized carbons (Fsp3) is 0.0909. The van der Waals surface area contributed by atoms with E-state index < -0.39 is 15.8 Å². The Hall–Kier alpha value is -2.00. The van der Waals surface area contributed by atoms with Crippen LogP contribution in [0.15, 0.2) is 35.7 Å². The zero-order valence-corrected chi connectivity index (χ0v) is 12.0. The Labute approximate surface area is 120 Å². The highest BCUT2D eigenvalue weighted by molar-refractivity contribution is 7.92. The highest BCUT2D eigenvalue weighted by atomic mass is 32.2. The number of rotatable bonds is 4. The van der Waals surface area contributed by atoms with Crippen LogP contribution < -0.4 is 10.5 Å². The fourth-order valence-corrected chi connectivity index (χ4v) is 2.65. The van der Waals surface area contributed by atoms with Crippen LogP contribution in [0.1, 0.15) is 5.56 Å². The minimum absolute atomic E-state index is 0.0306. The number of aryl methyl sites for hydroxylation is 1. The van der Waals surface area contributed by atoms with Crippen LogP contribution in [0.3, 0.4) is 0 Å². The quantitative estimate of drug-likeness (QED) is 0.822. The number of thiocarbonyl (C=S) groups is 1. The molecule has 9 heteroatoms. The third kappa shape index (κ3) is 2.94. The van der Waals surface area contributed by atoms with Crippen LogP contribution in [-0.2, 0) is 17.1 Å². The largest absolute Gasteiger partial charge is 0.389 e. The summed E-state index contributed by atoms with van der Waals surface area (Å²) in [5.41, 5.74) is 5.49. The SMILES string of the molecule is Cn1cnc(S(=O)(=O)Nc2ccc(C(N)=S)cc2F)c1. The van der Waals surface area contributed by atoms with E-state index >= 15 is 0 Å². The van der Waals surface area contributed by atoms with Crippen molar-refractivity contribution < 1.29 is 12.8 Å². The summed E-state index contributed by atoms with van der Waals surface area (Å²) >= 11 is 4.71. The lowest BCUT2D eigenvalue weighted by atomic mass is 10.2. The van der Waals surface area contributed by atoms with Gasteiger partial charge in [0.05, 0.1) is 12.0 Å². The normalized spacial score (nSPS) is 11.3. The predicted octanol–water partition coefficient (Wildman–Crippen LogP) is 0.994. The third-order valence-corrected chi connectivity index (χ3v) is 3.94. The summed E-state index contributed by atoms with van der Waals surface area (Å²) in [7, 11) is -2.31. The molecule has 1 aromatic carbocycles. The maximum Gasteiger partial charge on any atom is 0.281 e. The van der Waals surface area contributed by atoms with Gasteiger partial charge in [0.15, 0.2) is 5.03 Å². The number of aromatic nitrogens is 2. The molecule has 1 aromatic heterocycles. The van der Waals surface area contributed by atoms with Gasteiger partial charge in [-0.25, -0.2) is 9.37 Å². The summed E-state index contributed by atoms with van der Waals surface area (Å²) in [6.45, 7) is 0. The lowest BCUT2D eigenvalue weighted by Gasteiger charge is -2.08. The van der Waals surface area contributed by atoms with Gasteiger partial charge >= 0.3 is 0 Å². The molecule has 3 N–H and O–H groups in total. The van der Waals surface area contributed by atoms with Crippen LogP contribution in [0.5, 0.6) is 0 Å². The van der Waals surface area contributed by atoms with Crippen molar-refractivity contribution in [2.24, 2.45) is 12.8 Å².